The van der Waals surface area contributed by atoms with Gasteiger partial charge in [-0.15, -0.1) is 0 Å². The molecule has 2 aromatic carbocycles. The van der Waals surface area contributed by atoms with Crippen LogP contribution in [-0.4, -0.2) is 10.5 Å². The van der Waals surface area contributed by atoms with Crippen LogP contribution in [0, 0.1) is 0 Å². The number of hydrazine groups is 1. The van der Waals surface area contributed by atoms with Gasteiger partial charge in [0.15, 0.2) is 5.43 Å². The number of pyridine rings is 1. The molecule has 0 saturated carbocycles. The molecular formula is C15H13N3O2. The van der Waals surface area contributed by atoms with Gasteiger partial charge in [-0.25, -0.2) is 5.84 Å². The van der Waals surface area contributed by atoms with E-state index < -0.39 is 0 Å². The molecule has 3 aromatic rings. The van der Waals surface area contributed by atoms with Gasteiger partial charge in [-0.1, -0.05) is 24.3 Å². The van der Waals surface area contributed by atoms with Crippen molar-refractivity contribution < 1.29 is 4.79 Å². The molecule has 1 aromatic heterocycles. The van der Waals surface area contributed by atoms with Crippen molar-refractivity contribution >= 4 is 27.7 Å². The molecule has 0 unspecified atom stereocenters. The number of nitrogens with one attached hydrogen (secondary N) is 1. The molecule has 3 N–H and O–H groups in total. The number of rotatable bonds is 2. The normalized spacial score (nSPS) is 10.8. The number of nitrogens with two attached hydrogens (primary N) is 1. The first kappa shape index (κ1) is 12.4. The second kappa shape index (κ2) is 4.79. The number of carbonyl (C=O) groups is 1. The van der Waals surface area contributed by atoms with Crippen molar-refractivity contribution in [1.82, 2.24) is 9.99 Å². The smallest absolute Gasteiger partial charge is 0.253 e. The zero-order valence-corrected chi connectivity index (χ0v) is 10.7. The van der Waals surface area contributed by atoms with Gasteiger partial charge < -0.3 is 4.57 Å². The molecule has 0 saturated heterocycles. The molecule has 20 heavy (non-hydrogen) atoms. The monoisotopic (exact) mass is 267 g/mol. The van der Waals surface area contributed by atoms with E-state index >= 15 is 0 Å². The molecule has 100 valence electrons. The minimum absolute atomic E-state index is 0.0272. The zero-order valence-electron chi connectivity index (χ0n) is 10.7. The molecule has 0 atom stereocenters. The minimum atomic E-state index is -0.316. The summed E-state index contributed by atoms with van der Waals surface area (Å²) < 4.78 is 1.80. The summed E-state index contributed by atoms with van der Waals surface area (Å²) >= 11 is 0. The van der Waals surface area contributed by atoms with Crippen molar-refractivity contribution in [2.75, 3.05) is 0 Å². The van der Waals surface area contributed by atoms with Gasteiger partial charge in [0.2, 0.25) is 0 Å². The maximum absolute atomic E-state index is 12.5. The third-order valence-corrected chi connectivity index (χ3v) is 3.34. The molecule has 5 heteroatoms. The van der Waals surface area contributed by atoms with Gasteiger partial charge in [0.1, 0.15) is 6.54 Å². The summed E-state index contributed by atoms with van der Waals surface area (Å²) in [7, 11) is 0. The van der Waals surface area contributed by atoms with Gasteiger partial charge in [0.05, 0.1) is 11.0 Å². The summed E-state index contributed by atoms with van der Waals surface area (Å²) in [4.78, 5) is 24.1. The number of carbonyl (C=O) groups excluding carboxylic acids is 1. The van der Waals surface area contributed by atoms with Gasteiger partial charge in [-0.3, -0.25) is 15.0 Å². The molecule has 3 rings (SSSR count). The molecule has 0 radical (unpaired) electrons. The first-order valence-electron chi connectivity index (χ1n) is 6.22. The SMILES string of the molecule is NNC(=O)Cn1c2ccccc2c(=O)c2ccccc21. The molecule has 0 aliphatic carbocycles. The minimum Gasteiger partial charge on any atom is -0.331 e. The van der Waals surface area contributed by atoms with Crippen molar-refractivity contribution in [2.24, 2.45) is 5.84 Å². The number of para-hydroxylation sites is 2. The molecule has 0 spiro atoms. The highest BCUT2D eigenvalue weighted by Gasteiger charge is 2.11. The maximum Gasteiger partial charge on any atom is 0.253 e. The largest absolute Gasteiger partial charge is 0.331 e. The van der Waals surface area contributed by atoms with Crippen LogP contribution in [-0.2, 0) is 11.3 Å². The Morgan fingerprint density at radius 2 is 1.50 bits per heavy atom. The molecule has 1 amide bonds. The van der Waals surface area contributed by atoms with Crippen molar-refractivity contribution in [2.45, 2.75) is 6.54 Å². The van der Waals surface area contributed by atoms with Crippen LogP contribution in [0.3, 0.4) is 0 Å². The summed E-state index contributed by atoms with van der Waals surface area (Å²) in [6, 6.07) is 14.5. The van der Waals surface area contributed by atoms with Crippen LogP contribution >= 0.6 is 0 Å². The fourth-order valence-electron chi connectivity index (χ4n) is 2.44. The van der Waals surface area contributed by atoms with Crippen LogP contribution in [0.4, 0.5) is 0 Å². The standard InChI is InChI=1S/C15H13N3O2/c16-17-14(19)9-18-12-7-3-1-5-10(12)15(20)11-6-2-4-8-13(11)18/h1-8H,9,16H2,(H,17,19). The number of fused-ring (bicyclic) bond motifs is 2. The fraction of sp³-hybridized carbons (Fsp3) is 0.0667. The van der Waals surface area contributed by atoms with E-state index in [1.54, 1.807) is 16.7 Å². The number of amides is 1. The van der Waals surface area contributed by atoms with Crippen LogP contribution in [0.1, 0.15) is 0 Å². The summed E-state index contributed by atoms with van der Waals surface area (Å²) in [6.45, 7) is 0.0673. The highest BCUT2D eigenvalue weighted by atomic mass is 16.2. The van der Waals surface area contributed by atoms with E-state index in [2.05, 4.69) is 5.43 Å². The average molecular weight is 267 g/mol. The first-order valence-corrected chi connectivity index (χ1v) is 6.22. The molecular weight excluding hydrogens is 254 g/mol. The van der Waals surface area contributed by atoms with Crippen molar-refractivity contribution in [3.63, 3.8) is 0 Å². The average Bonchev–Trinajstić information content (AvgIpc) is 2.51. The number of benzene rings is 2. The van der Waals surface area contributed by atoms with Crippen LogP contribution < -0.4 is 16.7 Å². The molecule has 0 aliphatic heterocycles. The Balaban J connectivity index is 2.46. The van der Waals surface area contributed by atoms with E-state index in [1.807, 2.05) is 36.4 Å². The Bertz CT molecular complexity index is 808. The highest BCUT2D eigenvalue weighted by molar-refractivity contribution is 5.94. The van der Waals surface area contributed by atoms with Crippen LogP contribution in [0.5, 0.6) is 0 Å². The van der Waals surface area contributed by atoms with Crippen LogP contribution in [0.15, 0.2) is 53.3 Å². The zero-order chi connectivity index (χ0) is 14.1. The Kier molecular flexibility index (Phi) is 2.96. The molecule has 0 fully saturated rings. The van der Waals surface area contributed by atoms with Crippen molar-refractivity contribution in [1.29, 1.82) is 0 Å². The Labute approximate surface area is 114 Å². The number of nitrogens with zero attached hydrogens (tertiary/aromatic N) is 1. The maximum atomic E-state index is 12.5. The second-order valence-electron chi connectivity index (χ2n) is 4.52. The second-order valence-corrected chi connectivity index (χ2v) is 4.52. The van der Waals surface area contributed by atoms with E-state index in [1.165, 1.54) is 0 Å². The lowest BCUT2D eigenvalue weighted by molar-refractivity contribution is -0.121. The summed E-state index contributed by atoms with van der Waals surface area (Å²) in [5, 5.41) is 1.19. The van der Waals surface area contributed by atoms with Crippen LogP contribution in [0.2, 0.25) is 0 Å². The molecule has 0 aliphatic rings. The lowest BCUT2D eigenvalue weighted by atomic mass is 10.1. The van der Waals surface area contributed by atoms with E-state index in [0.29, 0.717) is 10.8 Å². The molecule has 0 bridgehead atoms. The van der Waals surface area contributed by atoms with Crippen molar-refractivity contribution in [3.8, 4) is 0 Å². The fourth-order valence-corrected chi connectivity index (χ4v) is 2.44. The van der Waals surface area contributed by atoms with Gasteiger partial charge in [-0.05, 0) is 24.3 Å². The number of aromatic nitrogens is 1. The Morgan fingerprint density at radius 3 is 2.00 bits per heavy atom. The van der Waals surface area contributed by atoms with E-state index in [-0.39, 0.29) is 17.9 Å². The predicted octanol–water partition coefficient (Wildman–Crippen LogP) is 1.14. The van der Waals surface area contributed by atoms with Crippen molar-refractivity contribution in [3.05, 3.63) is 58.8 Å². The summed E-state index contributed by atoms with van der Waals surface area (Å²) in [6.07, 6.45) is 0. The lowest BCUT2D eigenvalue weighted by Gasteiger charge is -2.14. The van der Waals surface area contributed by atoms with Gasteiger partial charge in [-0.2, -0.15) is 0 Å². The van der Waals surface area contributed by atoms with E-state index in [0.717, 1.165) is 11.0 Å². The van der Waals surface area contributed by atoms with E-state index in [9.17, 15) is 9.59 Å². The van der Waals surface area contributed by atoms with Crippen LogP contribution in [0.25, 0.3) is 21.8 Å². The summed E-state index contributed by atoms with van der Waals surface area (Å²) in [5.74, 6) is 4.85. The predicted molar refractivity (Wildman–Crippen MR) is 78.0 cm³/mol. The van der Waals surface area contributed by atoms with Gasteiger partial charge in [0.25, 0.3) is 5.91 Å². The Morgan fingerprint density at radius 1 is 1.00 bits per heavy atom. The third-order valence-electron chi connectivity index (χ3n) is 3.34. The number of hydrogen-bond acceptors (Lipinski definition) is 3. The van der Waals surface area contributed by atoms with E-state index in [4.69, 9.17) is 5.84 Å². The molecule has 1 heterocycles. The third kappa shape index (κ3) is 1.85. The highest BCUT2D eigenvalue weighted by Crippen LogP contribution is 2.18. The number of hydrogen-bond donors (Lipinski definition) is 2. The van der Waals surface area contributed by atoms with Gasteiger partial charge in [0, 0.05) is 10.8 Å². The molecule has 5 nitrogen and oxygen atoms in total. The topological polar surface area (TPSA) is 77.1 Å². The quantitative estimate of drug-likeness (QED) is 0.316. The first-order chi connectivity index (χ1) is 9.72. The van der Waals surface area contributed by atoms with Gasteiger partial charge >= 0.3 is 0 Å². The lowest BCUT2D eigenvalue weighted by Crippen LogP contribution is -2.33. The summed E-state index contributed by atoms with van der Waals surface area (Å²) in [5.41, 5.74) is 3.54. The Hall–Kier alpha value is -2.66.